The number of ether oxygens (including phenoxy) is 4. The topological polar surface area (TPSA) is 57.2 Å². The molecule has 1 heterocycles. The Morgan fingerprint density at radius 3 is 1.64 bits per heavy atom. The zero-order valence-electron chi connectivity index (χ0n) is 18.3. The van der Waals surface area contributed by atoms with E-state index in [1.165, 1.54) is 0 Å². The van der Waals surface area contributed by atoms with E-state index >= 15 is 0 Å². The molecular formula is C27H29FO5. The monoisotopic (exact) mass is 452 g/mol. The van der Waals surface area contributed by atoms with Crippen LogP contribution in [-0.4, -0.2) is 42.5 Å². The minimum atomic E-state index is -1.80. The van der Waals surface area contributed by atoms with Gasteiger partial charge in [-0.1, -0.05) is 91.0 Å². The van der Waals surface area contributed by atoms with Crippen molar-refractivity contribution in [1.29, 1.82) is 0 Å². The van der Waals surface area contributed by atoms with Gasteiger partial charge in [-0.15, -0.1) is 0 Å². The van der Waals surface area contributed by atoms with Crippen molar-refractivity contribution in [2.45, 2.75) is 50.6 Å². The van der Waals surface area contributed by atoms with Gasteiger partial charge in [0.25, 0.3) is 0 Å². The molecule has 0 bridgehead atoms. The highest BCUT2D eigenvalue weighted by molar-refractivity contribution is 5.15. The third kappa shape index (κ3) is 6.69. The molecule has 0 spiro atoms. The third-order valence-corrected chi connectivity index (χ3v) is 5.57. The van der Waals surface area contributed by atoms with E-state index in [1.54, 1.807) is 0 Å². The predicted molar refractivity (Wildman–Crippen MR) is 122 cm³/mol. The zero-order valence-corrected chi connectivity index (χ0v) is 18.3. The Morgan fingerprint density at radius 1 is 0.667 bits per heavy atom. The zero-order chi connectivity index (χ0) is 22.9. The van der Waals surface area contributed by atoms with Gasteiger partial charge in [-0.2, -0.15) is 0 Å². The Labute approximate surface area is 193 Å². The Bertz CT molecular complexity index is 939. The van der Waals surface area contributed by atoms with Gasteiger partial charge >= 0.3 is 0 Å². The smallest absolute Gasteiger partial charge is 0.228 e. The molecule has 3 aromatic carbocycles. The number of benzene rings is 3. The fourth-order valence-corrected chi connectivity index (χ4v) is 3.80. The van der Waals surface area contributed by atoms with Crippen molar-refractivity contribution in [3.8, 4) is 0 Å². The standard InChI is InChI=1S/C27H29FO5/c28-27-26(32-18-22-14-8-3-9-15-22)24(29)25(31-17-21-12-6-2-7-13-21)23(33-27)19-30-16-20-10-4-1-5-11-20/h1-15,23-27,29H,16-19H2/t23?,24-,25-,26?,27-/m0/s1. The number of alkyl halides is 1. The van der Waals surface area contributed by atoms with Gasteiger partial charge in [0.2, 0.25) is 6.36 Å². The van der Waals surface area contributed by atoms with E-state index in [1.807, 2.05) is 91.0 Å². The number of aliphatic hydroxyl groups is 1. The van der Waals surface area contributed by atoms with Crippen LogP contribution in [0, 0.1) is 0 Å². The molecule has 6 heteroatoms. The maximum absolute atomic E-state index is 14.9. The van der Waals surface area contributed by atoms with Crippen LogP contribution in [0.25, 0.3) is 0 Å². The fourth-order valence-electron chi connectivity index (χ4n) is 3.80. The molecule has 1 N–H and O–H groups in total. The van der Waals surface area contributed by atoms with Gasteiger partial charge in [-0.25, -0.2) is 4.39 Å². The Kier molecular flexibility index (Phi) is 8.58. The first-order valence-corrected chi connectivity index (χ1v) is 11.1. The molecule has 0 aromatic heterocycles. The first-order chi connectivity index (χ1) is 16.2. The molecular weight excluding hydrogens is 423 g/mol. The summed E-state index contributed by atoms with van der Waals surface area (Å²) in [5, 5.41) is 11.0. The minimum Gasteiger partial charge on any atom is -0.387 e. The van der Waals surface area contributed by atoms with Gasteiger partial charge in [0.05, 0.1) is 26.4 Å². The average Bonchev–Trinajstić information content (AvgIpc) is 2.85. The van der Waals surface area contributed by atoms with Crippen LogP contribution in [0.3, 0.4) is 0 Å². The molecule has 174 valence electrons. The van der Waals surface area contributed by atoms with Crippen molar-refractivity contribution < 1.29 is 28.4 Å². The summed E-state index contributed by atoms with van der Waals surface area (Å²) in [6.45, 7) is 0.848. The van der Waals surface area contributed by atoms with Gasteiger partial charge in [-0.05, 0) is 16.7 Å². The van der Waals surface area contributed by atoms with Gasteiger partial charge in [-0.3, -0.25) is 0 Å². The first-order valence-electron chi connectivity index (χ1n) is 11.1. The van der Waals surface area contributed by atoms with Crippen LogP contribution in [0.2, 0.25) is 0 Å². The molecule has 0 aliphatic carbocycles. The van der Waals surface area contributed by atoms with Crippen LogP contribution < -0.4 is 0 Å². The van der Waals surface area contributed by atoms with E-state index in [2.05, 4.69) is 0 Å². The second-order valence-corrected chi connectivity index (χ2v) is 8.04. The summed E-state index contributed by atoms with van der Waals surface area (Å²) in [7, 11) is 0. The molecule has 0 saturated carbocycles. The molecule has 0 radical (unpaired) electrons. The molecule has 1 aliphatic rings. The number of rotatable bonds is 10. The van der Waals surface area contributed by atoms with Crippen molar-refractivity contribution in [2.75, 3.05) is 6.61 Å². The molecule has 3 aromatic rings. The first kappa shape index (κ1) is 23.5. The van der Waals surface area contributed by atoms with Crippen LogP contribution in [0.15, 0.2) is 91.0 Å². The molecule has 5 atom stereocenters. The maximum Gasteiger partial charge on any atom is 0.228 e. The number of hydrogen-bond donors (Lipinski definition) is 1. The van der Waals surface area contributed by atoms with Crippen molar-refractivity contribution >= 4 is 0 Å². The van der Waals surface area contributed by atoms with E-state index in [4.69, 9.17) is 18.9 Å². The lowest BCUT2D eigenvalue weighted by Crippen LogP contribution is -2.59. The molecule has 1 fully saturated rings. The molecule has 0 amide bonds. The lowest BCUT2D eigenvalue weighted by atomic mass is 9.99. The summed E-state index contributed by atoms with van der Waals surface area (Å²) in [5.41, 5.74) is 2.82. The highest BCUT2D eigenvalue weighted by Crippen LogP contribution is 2.28. The number of hydrogen-bond acceptors (Lipinski definition) is 5. The average molecular weight is 453 g/mol. The van der Waals surface area contributed by atoms with Crippen LogP contribution in [-0.2, 0) is 38.8 Å². The van der Waals surface area contributed by atoms with E-state index in [0.717, 1.165) is 16.7 Å². The predicted octanol–water partition coefficient (Wildman–Crippen LogP) is 4.43. The summed E-state index contributed by atoms with van der Waals surface area (Å²) in [5.74, 6) is 0. The minimum absolute atomic E-state index is 0.0806. The van der Waals surface area contributed by atoms with Gasteiger partial charge in [0.1, 0.15) is 24.4 Å². The van der Waals surface area contributed by atoms with Gasteiger partial charge in [0.15, 0.2) is 0 Å². The van der Waals surface area contributed by atoms with E-state index < -0.39 is 30.8 Å². The van der Waals surface area contributed by atoms with Crippen molar-refractivity contribution in [3.63, 3.8) is 0 Å². The normalized spacial score (nSPS) is 25.1. The van der Waals surface area contributed by atoms with Crippen LogP contribution in [0.5, 0.6) is 0 Å². The molecule has 1 saturated heterocycles. The number of aliphatic hydroxyl groups excluding tert-OH is 1. The molecule has 4 rings (SSSR count). The van der Waals surface area contributed by atoms with Gasteiger partial charge in [0, 0.05) is 0 Å². The van der Waals surface area contributed by atoms with E-state index in [0.29, 0.717) is 6.61 Å². The second-order valence-electron chi connectivity index (χ2n) is 8.04. The highest BCUT2D eigenvalue weighted by Gasteiger charge is 2.47. The highest BCUT2D eigenvalue weighted by atomic mass is 19.1. The summed E-state index contributed by atoms with van der Waals surface area (Å²) in [6.07, 6.45) is -5.78. The van der Waals surface area contributed by atoms with Crippen LogP contribution in [0.1, 0.15) is 16.7 Å². The number of halogens is 1. The molecule has 33 heavy (non-hydrogen) atoms. The quantitative estimate of drug-likeness (QED) is 0.493. The van der Waals surface area contributed by atoms with Gasteiger partial charge < -0.3 is 24.1 Å². The van der Waals surface area contributed by atoms with E-state index in [-0.39, 0.29) is 19.8 Å². The van der Waals surface area contributed by atoms with E-state index in [9.17, 15) is 9.50 Å². The fraction of sp³-hybridized carbons (Fsp3) is 0.333. The molecule has 5 nitrogen and oxygen atoms in total. The summed E-state index contributed by atoms with van der Waals surface area (Å²) in [4.78, 5) is 0. The molecule has 1 aliphatic heterocycles. The van der Waals surface area contributed by atoms with Crippen molar-refractivity contribution in [1.82, 2.24) is 0 Å². The second kappa shape index (κ2) is 12.0. The summed E-state index contributed by atoms with van der Waals surface area (Å²) >= 11 is 0. The van der Waals surface area contributed by atoms with Crippen LogP contribution >= 0.6 is 0 Å². The Hall–Kier alpha value is -2.61. The Balaban J connectivity index is 1.41. The van der Waals surface area contributed by atoms with Crippen molar-refractivity contribution in [3.05, 3.63) is 108 Å². The lowest BCUT2D eigenvalue weighted by molar-refractivity contribution is -0.288. The third-order valence-electron chi connectivity index (χ3n) is 5.57. The maximum atomic E-state index is 14.9. The lowest BCUT2D eigenvalue weighted by Gasteiger charge is -2.41. The summed E-state index contributed by atoms with van der Waals surface area (Å²) < 4.78 is 38.0. The molecule has 2 unspecified atom stereocenters. The largest absolute Gasteiger partial charge is 0.387 e. The summed E-state index contributed by atoms with van der Waals surface area (Å²) in [6, 6.07) is 28.7. The van der Waals surface area contributed by atoms with Crippen LogP contribution in [0.4, 0.5) is 4.39 Å². The SMILES string of the molecule is O[C@@H]1C(OCc2ccccc2)[C@@H](F)OC(COCc2ccccc2)[C@@H]1OCc1ccccc1. The van der Waals surface area contributed by atoms with Crippen molar-refractivity contribution in [2.24, 2.45) is 0 Å². The Morgan fingerprint density at radius 2 is 1.12 bits per heavy atom.